The molecule has 3 aromatic rings. The highest BCUT2D eigenvalue weighted by molar-refractivity contribution is 6.10. The van der Waals surface area contributed by atoms with Gasteiger partial charge in [-0.1, -0.05) is 68.1 Å². The molecule has 0 saturated carbocycles. The molecule has 0 spiro atoms. The maximum absolute atomic E-state index is 3.97. The molecule has 0 amide bonds. The zero-order chi connectivity index (χ0) is 12.5. The van der Waals surface area contributed by atoms with Crippen molar-refractivity contribution in [2.45, 2.75) is 13.3 Å². The zero-order valence-corrected chi connectivity index (χ0v) is 10.6. The summed E-state index contributed by atoms with van der Waals surface area (Å²) in [5, 5.41) is 5.24. The maximum atomic E-state index is 3.97. The van der Waals surface area contributed by atoms with Gasteiger partial charge >= 0.3 is 0 Å². The predicted octanol–water partition coefficient (Wildman–Crippen LogP) is 5.20. The first-order valence-electron chi connectivity index (χ1n) is 6.41. The van der Waals surface area contributed by atoms with Crippen molar-refractivity contribution in [3.05, 3.63) is 66.2 Å². The van der Waals surface area contributed by atoms with Crippen molar-refractivity contribution in [1.29, 1.82) is 0 Å². The van der Waals surface area contributed by atoms with Crippen molar-refractivity contribution >= 4 is 27.6 Å². The lowest BCUT2D eigenvalue weighted by Gasteiger charge is -2.10. The molecular formula is C18H16. The van der Waals surface area contributed by atoms with Crippen LogP contribution < -0.4 is 0 Å². The Morgan fingerprint density at radius 1 is 0.889 bits per heavy atom. The Kier molecular flexibility index (Phi) is 2.64. The minimum Gasteiger partial charge on any atom is -0.0984 e. The highest BCUT2D eigenvalue weighted by Crippen LogP contribution is 2.30. The Balaban J connectivity index is 2.50. The minimum atomic E-state index is 1.05. The highest BCUT2D eigenvalue weighted by Gasteiger charge is 2.06. The Labute approximate surface area is 108 Å². The fraction of sp³-hybridized carbons (Fsp3) is 0.111. The van der Waals surface area contributed by atoms with E-state index in [1.165, 1.54) is 32.7 Å². The van der Waals surface area contributed by atoms with Crippen LogP contribution in [0.5, 0.6) is 0 Å². The van der Waals surface area contributed by atoms with E-state index in [1.54, 1.807) is 0 Å². The third kappa shape index (κ3) is 1.53. The molecule has 0 aromatic heterocycles. The number of aryl methyl sites for hydroxylation is 1. The van der Waals surface area contributed by atoms with E-state index in [0.29, 0.717) is 0 Å². The standard InChI is InChI=1S/C18H16/c1-3-13-9-11-18-16-8-6-5-7-14(16)10-12-17(18)15(13)4-2/h4-12H,2-3H2,1H3. The van der Waals surface area contributed by atoms with E-state index in [9.17, 15) is 0 Å². The van der Waals surface area contributed by atoms with E-state index < -0.39 is 0 Å². The quantitative estimate of drug-likeness (QED) is 0.533. The molecule has 0 aliphatic carbocycles. The fourth-order valence-corrected chi connectivity index (χ4v) is 2.71. The van der Waals surface area contributed by atoms with Gasteiger partial charge in [-0.3, -0.25) is 0 Å². The summed E-state index contributed by atoms with van der Waals surface area (Å²) in [6.07, 6.45) is 3.03. The van der Waals surface area contributed by atoms with Crippen molar-refractivity contribution in [3.8, 4) is 0 Å². The molecule has 0 radical (unpaired) electrons. The van der Waals surface area contributed by atoms with Crippen LogP contribution in [-0.4, -0.2) is 0 Å². The van der Waals surface area contributed by atoms with Crippen molar-refractivity contribution in [1.82, 2.24) is 0 Å². The lowest BCUT2D eigenvalue weighted by Crippen LogP contribution is -1.89. The summed E-state index contributed by atoms with van der Waals surface area (Å²) in [7, 11) is 0. The monoisotopic (exact) mass is 232 g/mol. The summed E-state index contributed by atoms with van der Waals surface area (Å²) in [4.78, 5) is 0. The molecule has 0 fully saturated rings. The molecule has 0 N–H and O–H groups in total. The third-order valence-electron chi connectivity index (χ3n) is 3.64. The molecule has 3 rings (SSSR count). The van der Waals surface area contributed by atoms with Gasteiger partial charge in [0, 0.05) is 0 Å². The Morgan fingerprint density at radius 3 is 2.44 bits per heavy atom. The SMILES string of the molecule is C=Cc1c(CC)ccc2c1ccc1ccccc12. The van der Waals surface area contributed by atoms with Crippen molar-refractivity contribution in [2.75, 3.05) is 0 Å². The molecule has 3 aromatic carbocycles. The van der Waals surface area contributed by atoms with Gasteiger partial charge in [0.2, 0.25) is 0 Å². The van der Waals surface area contributed by atoms with Gasteiger partial charge in [-0.15, -0.1) is 0 Å². The fourth-order valence-electron chi connectivity index (χ4n) is 2.71. The summed E-state index contributed by atoms with van der Waals surface area (Å²) >= 11 is 0. The summed E-state index contributed by atoms with van der Waals surface area (Å²) in [5.74, 6) is 0. The molecule has 0 aliphatic rings. The molecule has 0 unspecified atom stereocenters. The first-order valence-corrected chi connectivity index (χ1v) is 6.41. The molecule has 0 bridgehead atoms. The number of hydrogen-bond donors (Lipinski definition) is 0. The molecule has 0 atom stereocenters. The van der Waals surface area contributed by atoms with Crippen LogP contribution in [0, 0.1) is 0 Å². The second-order valence-electron chi connectivity index (χ2n) is 4.58. The maximum Gasteiger partial charge on any atom is -0.00992 e. The van der Waals surface area contributed by atoms with Crippen LogP contribution in [-0.2, 0) is 6.42 Å². The van der Waals surface area contributed by atoms with Crippen LogP contribution in [0.2, 0.25) is 0 Å². The number of benzene rings is 3. The van der Waals surface area contributed by atoms with Crippen LogP contribution in [0.25, 0.3) is 27.6 Å². The molecule has 0 heterocycles. The molecule has 0 heteroatoms. The number of hydrogen-bond acceptors (Lipinski definition) is 0. The average Bonchev–Trinajstić information content (AvgIpc) is 2.45. The summed E-state index contributed by atoms with van der Waals surface area (Å²) in [6.45, 7) is 6.16. The second kappa shape index (κ2) is 4.30. The van der Waals surface area contributed by atoms with Crippen LogP contribution >= 0.6 is 0 Å². The van der Waals surface area contributed by atoms with Crippen molar-refractivity contribution in [2.24, 2.45) is 0 Å². The lowest BCUT2D eigenvalue weighted by atomic mass is 9.94. The Bertz CT molecular complexity index is 735. The Hall–Kier alpha value is -2.08. The van der Waals surface area contributed by atoms with Crippen LogP contribution in [0.15, 0.2) is 55.1 Å². The van der Waals surface area contributed by atoms with E-state index in [1.807, 2.05) is 6.08 Å². The van der Waals surface area contributed by atoms with Gasteiger partial charge < -0.3 is 0 Å². The summed E-state index contributed by atoms with van der Waals surface area (Å²) in [6, 6.07) is 17.4. The minimum absolute atomic E-state index is 1.05. The lowest BCUT2D eigenvalue weighted by molar-refractivity contribution is 1.14. The van der Waals surface area contributed by atoms with Crippen molar-refractivity contribution in [3.63, 3.8) is 0 Å². The molecule has 0 aliphatic heterocycles. The molecule has 0 saturated heterocycles. The molecule has 0 nitrogen and oxygen atoms in total. The zero-order valence-electron chi connectivity index (χ0n) is 10.6. The van der Waals surface area contributed by atoms with Gasteiger partial charge in [0.25, 0.3) is 0 Å². The normalized spacial score (nSPS) is 10.9. The van der Waals surface area contributed by atoms with Gasteiger partial charge in [-0.2, -0.15) is 0 Å². The summed E-state index contributed by atoms with van der Waals surface area (Å²) < 4.78 is 0. The first-order chi connectivity index (χ1) is 8.85. The van der Waals surface area contributed by atoms with Crippen LogP contribution in [0.4, 0.5) is 0 Å². The third-order valence-corrected chi connectivity index (χ3v) is 3.64. The van der Waals surface area contributed by atoms with Crippen molar-refractivity contribution < 1.29 is 0 Å². The van der Waals surface area contributed by atoms with E-state index in [0.717, 1.165) is 6.42 Å². The highest BCUT2D eigenvalue weighted by atomic mass is 14.1. The average molecular weight is 232 g/mol. The predicted molar refractivity (Wildman–Crippen MR) is 80.9 cm³/mol. The number of rotatable bonds is 2. The van der Waals surface area contributed by atoms with E-state index in [-0.39, 0.29) is 0 Å². The van der Waals surface area contributed by atoms with Gasteiger partial charge in [0.05, 0.1) is 0 Å². The smallest absolute Gasteiger partial charge is 0.00992 e. The van der Waals surface area contributed by atoms with Gasteiger partial charge in [-0.25, -0.2) is 0 Å². The van der Waals surface area contributed by atoms with Gasteiger partial charge in [0.15, 0.2) is 0 Å². The Morgan fingerprint density at radius 2 is 1.67 bits per heavy atom. The number of fused-ring (bicyclic) bond motifs is 3. The largest absolute Gasteiger partial charge is 0.0984 e. The second-order valence-corrected chi connectivity index (χ2v) is 4.58. The topological polar surface area (TPSA) is 0 Å². The molecule has 88 valence electrons. The van der Waals surface area contributed by atoms with Gasteiger partial charge in [-0.05, 0) is 39.1 Å². The van der Waals surface area contributed by atoms with E-state index in [4.69, 9.17) is 0 Å². The summed E-state index contributed by atoms with van der Waals surface area (Å²) in [5.41, 5.74) is 2.65. The molecular weight excluding hydrogens is 216 g/mol. The van der Waals surface area contributed by atoms with Crippen LogP contribution in [0.3, 0.4) is 0 Å². The molecule has 18 heavy (non-hydrogen) atoms. The van der Waals surface area contributed by atoms with E-state index >= 15 is 0 Å². The van der Waals surface area contributed by atoms with Crippen LogP contribution in [0.1, 0.15) is 18.1 Å². The van der Waals surface area contributed by atoms with E-state index in [2.05, 4.69) is 62.0 Å². The first kappa shape index (κ1) is 11.0. The van der Waals surface area contributed by atoms with Gasteiger partial charge in [0.1, 0.15) is 0 Å².